The molecule has 0 radical (unpaired) electrons. The summed E-state index contributed by atoms with van der Waals surface area (Å²) < 4.78 is 7.12. The smallest absolute Gasteiger partial charge is 0.0731 e. The Morgan fingerprint density at radius 3 is 2.68 bits per heavy atom. The van der Waals surface area contributed by atoms with Crippen molar-refractivity contribution < 1.29 is 4.74 Å². The highest BCUT2D eigenvalue weighted by Crippen LogP contribution is 2.25. The number of nitrogens with one attached hydrogen (secondary N) is 1. The van der Waals surface area contributed by atoms with Crippen molar-refractivity contribution in [2.24, 2.45) is 0 Å². The lowest BCUT2D eigenvalue weighted by Gasteiger charge is -2.13. The van der Waals surface area contributed by atoms with Gasteiger partial charge >= 0.3 is 0 Å². The fourth-order valence-electron chi connectivity index (χ4n) is 2.40. The van der Waals surface area contributed by atoms with E-state index >= 15 is 0 Å². The lowest BCUT2D eigenvalue weighted by Crippen LogP contribution is -2.21. The zero-order valence-electron chi connectivity index (χ0n) is 11.9. The predicted molar refractivity (Wildman–Crippen MR) is 83.2 cm³/mol. The quantitative estimate of drug-likeness (QED) is 0.836. The van der Waals surface area contributed by atoms with Gasteiger partial charge in [-0.3, -0.25) is 0 Å². The van der Waals surface area contributed by atoms with Gasteiger partial charge in [0.15, 0.2) is 0 Å². The normalized spacial score (nSPS) is 16.4. The molecule has 0 atom stereocenters. The predicted octanol–water partition coefficient (Wildman–Crippen LogP) is 4.41. The first-order chi connectivity index (χ1) is 9.15. The molecule has 1 aliphatic rings. The van der Waals surface area contributed by atoms with Crippen molar-refractivity contribution in [2.45, 2.75) is 64.8 Å². The van der Waals surface area contributed by atoms with Gasteiger partial charge in [0.25, 0.3) is 0 Å². The molecule has 1 aromatic carbocycles. The van der Waals surface area contributed by atoms with Crippen molar-refractivity contribution in [2.75, 3.05) is 0 Å². The molecule has 3 heteroatoms. The van der Waals surface area contributed by atoms with Gasteiger partial charge in [-0.1, -0.05) is 54.8 Å². The van der Waals surface area contributed by atoms with Crippen LogP contribution in [0.15, 0.2) is 22.7 Å². The van der Waals surface area contributed by atoms with E-state index in [1.165, 1.54) is 36.8 Å². The second-order valence-electron chi connectivity index (χ2n) is 5.68. The monoisotopic (exact) mass is 325 g/mol. The summed E-state index contributed by atoms with van der Waals surface area (Å²) >= 11 is 3.66. The molecule has 0 unspecified atom stereocenters. The van der Waals surface area contributed by atoms with E-state index in [0.717, 1.165) is 17.6 Å². The molecule has 0 aromatic heterocycles. The lowest BCUT2D eigenvalue weighted by molar-refractivity contribution is 0.0454. The Balaban J connectivity index is 1.87. The fraction of sp³-hybridized carbons (Fsp3) is 0.625. The maximum atomic E-state index is 5.96. The molecule has 0 spiro atoms. The second-order valence-corrected chi connectivity index (χ2v) is 6.53. The molecule has 1 saturated carbocycles. The van der Waals surface area contributed by atoms with Crippen molar-refractivity contribution in [1.82, 2.24) is 5.32 Å². The molecule has 2 nitrogen and oxygen atoms in total. The van der Waals surface area contributed by atoms with E-state index in [2.05, 4.69) is 53.3 Å². The third kappa shape index (κ3) is 4.90. The summed E-state index contributed by atoms with van der Waals surface area (Å²) in [6.07, 6.45) is 5.59. The lowest BCUT2D eigenvalue weighted by atomic mass is 10.1. The summed E-state index contributed by atoms with van der Waals surface area (Å²) in [5.41, 5.74) is 2.56. The Morgan fingerprint density at radius 1 is 1.32 bits per heavy atom. The standard InChI is InChI=1S/C16H24BrNO/c1-12(2)18-10-13-7-8-14(16(17)9-13)11-19-15-5-3-4-6-15/h7-9,12,15,18H,3-6,10-11H2,1-2H3. The summed E-state index contributed by atoms with van der Waals surface area (Å²) in [5, 5.41) is 3.43. The molecule has 0 bridgehead atoms. The van der Waals surface area contributed by atoms with Gasteiger partial charge in [0, 0.05) is 17.1 Å². The molecular formula is C16H24BrNO. The van der Waals surface area contributed by atoms with E-state index in [4.69, 9.17) is 4.74 Å². The van der Waals surface area contributed by atoms with Crippen LogP contribution in [0.5, 0.6) is 0 Å². The minimum Gasteiger partial charge on any atom is -0.374 e. The van der Waals surface area contributed by atoms with Crippen LogP contribution >= 0.6 is 15.9 Å². The number of ether oxygens (including phenoxy) is 1. The molecule has 1 aliphatic carbocycles. The van der Waals surface area contributed by atoms with E-state index in [-0.39, 0.29) is 0 Å². The number of rotatable bonds is 6. The molecule has 0 amide bonds. The van der Waals surface area contributed by atoms with Gasteiger partial charge in [0.05, 0.1) is 12.7 Å². The van der Waals surface area contributed by atoms with E-state index in [9.17, 15) is 0 Å². The molecule has 19 heavy (non-hydrogen) atoms. The Kier molecular flexibility index (Phi) is 5.86. The second kappa shape index (κ2) is 7.41. The van der Waals surface area contributed by atoms with Crippen molar-refractivity contribution >= 4 is 15.9 Å². The molecule has 0 aliphatic heterocycles. The van der Waals surface area contributed by atoms with Crippen molar-refractivity contribution in [1.29, 1.82) is 0 Å². The maximum Gasteiger partial charge on any atom is 0.0731 e. The van der Waals surface area contributed by atoms with Crippen LogP contribution in [-0.2, 0) is 17.9 Å². The van der Waals surface area contributed by atoms with Crippen LogP contribution < -0.4 is 5.32 Å². The van der Waals surface area contributed by atoms with Crippen LogP contribution in [0.4, 0.5) is 0 Å². The molecule has 1 fully saturated rings. The minimum atomic E-state index is 0.481. The van der Waals surface area contributed by atoms with Gasteiger partial charge in [-0.05, 0) is 30.0 Å². The van der Waals surface area contributed by atoms with E-state index < -0.39 is 0 Å². The third-order valence-electron chi connectivity index (χ3n) is 3.61. The largest absolute Gasteiger partial charge is 0.374 e. The summed E-state index contributed by atoms with van der Waals surface area (Å²) in [6, 6.07) is 7.08. The highest BCUT2D eigenvalue weighted by atomic mass is 79.9. The minimum absolute atomic E-state index is 0.481. The zero-order chi connectivity index (χ0) is 13.7. The average Bonchev–Trinajstić information content (AvgIpc) is 2.88. The first-order valence-corrected chi connectivity index (χ1v) is 8.06. The molecule has 1 aromatic rings. The maximum absolute atomic E-state index is 5.96. The third-order valence-corrected chi connectivity index (χ3v) is 4.35. The summed E-state index contributed by atoms with van der Waals surface area (Å²) in [4.78, 5) is 0. The molecule has 0 heterocycles. The number of hydrogen-bond acceptors (Lipinski definition) is 2. The van der Waals surface area contributed by atoms with E-state index in [0.29, 0.717) is 12.1 Å². The van der Waals surface area contributed by atoms with E-state index in [1.807, 2.05) is 0 Å². The molecule has 2 rings (SSSR count). The van der Waals surface area contributed by atoms with Gasteiger partial charge in [0.1, 0.15) is 0 Å². The average molecular weight is 326 g/mol. The van der Waals surface area contributed by atoms with Crippen LogP contribution in [0.2, 0.25) is 0 Å². The Hall–Kier alpha value is -0.380. The molecular weight excluding hydrogens is 302 g/mol. The molecule has 106 valence electrons. The van der Waals surface area contributed by atoms with Crippen LogP contribution in [0.3, 0.4) is 0 Å². The van der Waals surface area contributed by atoms with Crippen molar-refractivity contribution in [3.05, 3.63) is 33.8 Å². The Bertz CT molecular complexity index is 400. The number of benzene rings is 1. The zero-order valence-corrected chi connectivity index (χ0v) is 13.5. The van der Waals surface area contributed by atoms with Gasteiger partial charge in [-0.2, -0.15) is 0 Å². The van der Waals surface area contributed by atoms with E-state index in [1.54, 1.807) is 0 Å². The van der Waals surface area contributed by atoms with Crippen LogP contribution in [0.1, 0.15) is 50.7 Å². The topological polar surface area (TPSA) is 21.3 Å². The summed E-state index contributed by atoms with van der Waals surface area (Å²) in [5.74, 6) is 0. The van der Waals surface area contributed by atoms with Crippen molar-refractivity contribution in [3.8, 4) is 0 Å². The highest BCUT2D eigenvalue weighted by Gasteiger charge is 2.15. The Morgan fingerprint density at radius 2 is 2.05 bits per heavy atom. The number of hydrogen-bond donors (Lipinski definition) is 1. The highest BCUT2D eigenvalue weighted by molar-refractivity contribution is 9.10. The van der Waals surface area contributed by atoms with Crippen LogP contribution in [0.25, 0.3) is 0 Å². The summed E-state index contributed by atoms with van der Waals surface area (Å²) in [6.45, 7) is 5.97. The van der Waals surface area contributed by atoms with Crippen LogP contribution in [-0.4, -0.2) is 12.1 Å². The molecule has 1 N–H and O–H groups in total. The summed E-state index contributed by atoms with van der Waals surface area (Å²) in [7, 11) is 0. The van der Waals surface area contributed by atoms with Gasteiger partial charge in [-0.15, -0.1) is 0 Å². The van der Waals surface area contributed by atoms with Gasteiger partial charge in [-0.25, -0.2) is 0 Å². The fourth-order valence-corrected chi connectivity index (χ4v) is 2.94. The molecule has 0 saturated heterocycles. The SMILES string of the molecule is CC(C)NCc1ccc(COC2CCCC2)c(Br)c1. The van der Waals surface area contributed by atoms with Crippen molar-refractivity contribution in [3.63, 3.8) is 0 Å². The number of halogens is 1. The van der Waals surface area contributed by atoms with Crippen LogP contribution in [0, 0.1) is 0 Å². The first-order valence-electron chi connectivity index (χ1n) is 7.27. The Labute approximate surface area is 125 Å². The first kappa shape index (κ1) is 15.0. The van der Waals surface area contributed by atoms with Gasteiger partial charge < -0.3 is 10.1 Å². The van der Waals surface area contributed by atoms with Gasteiger partial charge in [0.2, 0.25) is 0 Å².